The molecule has 1 N–H and O–H groups in total. The number of carbonyl (C=O) groups is 1. The number of hydrogen-bond donors (Lipinski definition) is 1. The Labute approximate surface area is 107 Å². The fourth-order valence-corrected chi connectivity index (χ4v) is 2.35. The lowest BCUT2D eigenvalue weighted by Gasteiger charge is -2.33. The van der Waals surface area contributed by atoms with Crippen LogP contribution in [0.3, 0.4) is 0 Å². The minimum Gasteiger partial charge on any atom is -0.497 e. The van der Waals surface area contributed by atoms with Crippen LogP contribution in [0, 0.1) is 0 Å². The Bertz CT molecular complexity index is 456. The minimum atomic E-state index is -0.514. The molecule has 1 saturated heterocycles. The van der Waals surface area contributed by atoms with Crippen LogP contribution in [0.25, 0.3) is 0 Å². The van der Waals surface area contributed by atoms with Gasteiger partial charge in [-0.2, -0.15) is 0 Å². The van der Waals surface area contributed by atoms with Crippen LogP contribution in [0.4, 0.5) is 0 Å². The van der Waals surface area contributed by atoms with Crippen molar-refractivity contribution in [2.75, 3.05) is 13.7 Å². The van der Waals surface area contributed by atoms with Crippen molar-refractivity contribution in [2.24, 2.45) is 0 Å². The summed E-state index contributed by atoms with van der Waals surface area (Å²) in [4.78, 5) is 14.2. The number of ether oxygens (including phenoxy) is 1. The van der Waals surface area contributed by atoms with E-state index in [9.17, 15) is 9.90 Å². The van der Waals surface area contributed by atoms with E-state index < -0.39 is 11.6 Å². The summed E-state index contributed by atoms with van der Waals surface area (Å²) in [6.45, 7) is 4.37. The summed E-state index contributed by atoms with van der Waals surface area (Å²) in [6.07, 6.45) is 0.162. The number of rotatable bonds is 2. The second-order valence-electron chi connectivity index (χ2n) is 5.15. The fraction of sp³-hybridized carbons (Fsp3) is 0.500. The number of likely N-dealkylation sites (tertiary alicyclic amines) is 1. The van der Waals surface area contributed by atoms with Crippen molar-refractivity contribution >= 4 is 5.91 Å². The van der Waals surface area contributed by atoms with E-state index in [4.69, 9.17) is 4.74 Å². The first-order chi connectivity index (χ1) is 8.46. The van der Waals surface area contributed by atoms with Crippen LogP contribution in [-0.4, -0.2) is 41.2 Å². The standard InChI is InChI=1S/C14H19NO3/c1-14(2)12(16)7-8-15(14)13(17)10-5-4-6-11(9-10)18-3/h4-6,9,12,16H,7-8H2,1-3H3. The summed E-state index contributed by atoms with van der Waals surface area (Å²) in [5.74, 6) is 0.605. The smallest absolute Gasteiger partial charge is 0.254 e. The van der Waals surface area contributed by atoms with Crippen LogP contribution < -0.4 is 4.74 Å². The van der Waals surface area contributed by atoms with Gasteiger partial charge in [-0.15, -0.1) is 0 Å². The molecule has 4 nitrogen and oxygen atoms in total. The van der Waals surface area contributed by atoms with E-state index in [2.05, 4.69) is 0 Å². The van der Waals surface area contributed by atoms with E-state index in [1.807, 2.05) is 13.8 Å². The van der Waals surface area contributed by atoms with E-state index in [1.165, 1.54) is 0 Å². The molecule has 18 heavy (non-hydrogen) atoms. The second kappa shape index (κ2) is 4.61. The fourth-order valence-electron chi connectivity index (χ4n) is 2.35. The zero-order valence-electron chi connectivity index (χ0n) is 11.0. The van der Waals surface area contributed by atoms with Crippen LogP contribution in [0.5, 0.6) is 5.75 Å². The topological polar surface area (TPSA) is 49.8 Å². The Kier molecular flexibility index (Phi) is 3.30. The molecule has 1 aromatic carbocycles. The van der Waals surface area contributed by atoms with Gasteiger partial charge in [-0.05, 0) is 38.5 Å². The SMILES string of the molecule is COc1cccc(C(=O)N2CCC(O)C2(C)C)c1. The van der Waals surface area contributed by atoms with Crippen molar-refractivity contribution in [3.63, 3.8) is 0 Å². The lowest BCUT2D eigenvalue weighted by Crippen LogP contribution is -2.48. The largest absolute Gasteiger partial charge is 0.497 e. The van der Waals surface area contributed by atoms with Gasteiger partial charge in [0.05, 0.1) is 18.8 Å². The number of hydrogen-bond acceptors (Lipinski definition) is 3. The number of aliphatic hydroxyl groups is 1. The molecule has 1 atom stereocenters. The molecule has 2 rings (SSSR count). The van der Waals surface area contributed by atoms with Crippen LogP contribution >= 0.6 is 0 Å². The highest BCUT2D eigenvalue weighted by Crippen LogP contribution is 2.30. The Morgan fingerprint density at radius 3 is 2.78 bits per heavy atom. The molecule has 1 heterocycles. The molecule has 98 valence electrons. The molecule has 1 fully saturated rings. The van der Waals surface area contributed by atoms with E-state index in [0.717, 1.165) is 0 Å². The molecule has 4 heteroatoms. The van der Waals surface area contributed by atoms with Gasteiger partial charge in [0.2, 0.25) is 0 Å². The first-order valence-corrected chi connectivity index (χ1v) is 6.11. The van der Waals surface area contributed by atoms with Crippen molar-refractivity contribution in [3.05, 3.63) is 29.8 Å². The van der Waals surface area contributed by atoms with Gasteiger partial charge in [0.15, 0.2) is 0 Å². The predicted molar refractivity (Wildman–Crippen MR) is 68.7 cm³/mol. The monoisotopic (exact) mass is 249 g/mol. The van der Waals surface area contributed by atoms with Crippen molar-refractivity contribution in [3.8, 4) is 5.75 Å². The van der Waals surface area contributed by atoms with Gasteiger partial charge in [-0.25, -0.2) is 0 Å². The summed E-state index contributed by atoms with van der Waals surface area (Å²) < 4.78 is 5.12. The third-order valence-electron chi connectivity index (χ3n) is 3.70. The summed E-state index contributed by atoms with van der Waals surface area (Å²) in [6, 6.07) is 7.10. The summed E-state index contributed by atoms with van der Waals surface area (Å²) in [5, 5.41) is 9.91. The summed E-state index contributed by atoms with van der Waals surface area (Å²) in [5.41, 5.74) is 0.0803. The van der Waals surface area contributed by atoms with Gasteiger partial charge >= 0.3 is 0 Å². The molecule has 0 spiro atoms. The van der Waals surface area contributed by atoms with Crippen molar-refractivity contribution in [1.82, 2.24) is 4.90 Å². The Morgan fingerprint density at radius 1 is 1.50 bits per heavy atom. The van der Waals surface area contributed by atoms with Gasteiger partial charge in [0, 0.05) is 12.1 Å². The molecule has 1 amide bonds. The van der Waals surface area contributed by atoms with Crippen LogP contribution in [0.1, 0.15) is 30.6 Å². The normalized spacial score (nSPS) is 22.0. The first-order valence-electron chi connectivity index (χ1n) is 6.11. The number of amides is 1. The number of nitrogens with zero attached hydrogens (tertiary/aromatic N) is 1. The van der Waals surface area contributed by atoms with Crippen molar-refractivity contribution in [1.29, 1.82) is 0 Å². The Morgan fingerprint density at radius 2 is 2.22 bits per heavy atom. The molecule has 1 aliphatic heterocycles. The van der Waals surface area contributed by atoms with Gasteiger partial charge in [0.1, 0.15) is 5.75 Å². The van der Waals surface area contributed by atoms with Gasteiger partial charge in [-0.1, -0.05) is 6.07 Å². The van der Waals surface area contributed by atoms with Crippen LogP contribution in [0.15, 0.2) is 24.3 Å². The maximum absolute atomic E-state index is 12.4. The minimum absolute atomic E-state index is 0.0598. The molecule has 1 aliphatic rings. The Hall–Kier alpha value is -1.55. The predicted octanol–water partition coefficient (Wildman–Crippen LogP) is 1.68. The van der Waals surface area contributed by atoms with E-state index >= 15 is 0 Å². The molecule has 1 aromatic rings. The highest BCUT2D eigenvalue weighted by molar-refractivity contribution is 5.95. The maximum Gasteiger partial charge on any atom is 0.254 e. The molecular formula is C14H19NO3. The average Bonchev–Trinajstić information content (AvgIpc) is 2.63. The van der Waals surface area contributed by atoms with Gasteiger partial charge < -0.3 is 14.7 Å². The summed E-state index contributed by atoms with van der Waals surface area (Å²) >= 11 is 0. The molecule has 0 bridgehead atoms. The molecule has 0 aromatic heterocycles. The molecule has 1 unspecified atom stereocenters. The molecule has 0 aliphatic carbocycles. The number of carbonyl (C=O) groups excluding carboxylic acids is 1. The highest BCUT2D eigenvalue weighted by atomic mass is 16.5. The quantitative estimate of drug-likeness (QED) is 0.867. The van der Waals surface area contributed by atoms with Crippen molar-refractivity contribution in [2.45, 2.75) is 31.9 Å². The number of aliphatic hydroxyl groups excluding tert-OH is 1. The van der Waals surface area contributed by atoms with E-state index in [-0.39, 0.29) is 5.91 Å². The first kappa shape index (κ1) is 12.9. The zero-order valence-corrected chi connectivity index (χ0v) is 11.0. The van der Waals surface area contributed by atoms with E-state index in [0.29, 0.717) is 24.3 Å². The maximum atomic E-state index is 12.4. The lowest BCUT2D eigenvalue weighted by atomic mass is 9.98. The highest BCUT2D eigenvalue weighted by Gasteiger charge is 2.43. The van der Waals surface area contributed by atoms with Gasteiger partial charge in [-0.3, -0.25) is 4.79 Å². The number of benzene rings is 1. The summed E-state index contributed by atoms with van der Waals surface area (Å²) in [7, 11) is 1.58. The zero-order chi connectivity index (χ0) is 13.3. The third-order valence-corrected chi connectivity index (χ3v) is 3.70. The Balaban J connectivity index is 2.26. The average molecular weight is 249 g/mol. The second-order valence-corrected chi connectivity index (χ2v) is 5.15. The number of methoxy groups -OCH3 is 1. The third kappa shape index (κ3) is 2.08. The lowest BCUT2D eigenvalue weighted by molar-refractivity contribution is 0.0394. The van der Waals surface area contributed by atoms with Crippen LogP contribution in [-0.2, 0) is 0 Å². The molecular weight excluding hydrogens is 230 g/mol. The molecule has 0 saturated carbocycles. The van der Waals surface area contributed by atoms with Gasteiger partial charge in [0.25, 0.3) is 5.91 Å². The van der Waals surface area contributed by atoms with E-state index in [1.54, 1.807) is 36.3 Å². The van der Waals surface area contributed by atoms with Crippen LogP contribution in [0.2, 0.25) is 0 Å². The van der Waals surface area contributed by atoms with Crippen molar-refractivity contribution < 1.29 is 14.6 Å². The molecule has 0 radical (unpaired) electrons.